The Hall–Kier alpha value is -2.09. The lowest BCUT2D eigenvalue weighted by atomic mass is 9.94. The van der Waals surface area contributed by atoms with Crippen LogP contribution in [-0.2, 0) is 11.8 Å². The van der Waals surface area contributed by atoms with Gasteiger partial charge in [-0.1, -0.05) is 19.3 Å². The zero-order valence-corrected chi connectivity index (χ0v) is 16.7. The van der Waals surface area contributed by atoms with Crippen molar-refractivity contribution in [1.82, 2.24) is 24.5 Å². The highest BCUT2D eigenvalue weighted by atomic mass is 16.5. The van der Waals surface area contributed by atoms with Crippen molar-refractivity contribution in [3.05, 3.63) is 11.8 Å². The first-order valence-electron chi connectivity index (χ1n) is 9.84. The van der Waals surface area contributed by atoms with E-state index in [2.05, 4.69) is 10.00 Å². The summed E-state index contributed by atoms with van der Waals surface area (Å²) < 4.78 is 6.68. The van der Waals surface area contributed by atoms with Gasteiger partial charge in [-0.05, 0) is 12.8 Å². The van der Waals surface area contributed by atoms with E-state index in [1.165, 1.54) is 48.8 Å². The molecule has 1 aliphatic heterocycles. The predicted molar refractivity (Wildman–Crippen MR) is 102 cm³/mol. The second-order valence-electron chi connectivity index (χ2n) is 7.60. The highest BCUT2D eigenvalue weighted by molar-refractivity contribution is 5.98. The summed E-state index contributed by atoms with van der Waals surface area (Å²) in [4.78, 5) is 31.1. The van der Waals surface area contributed by atoms with Gasteiger partial charge in [0.05, 0.1) is 13.7 Å². The molecule has 0 N–H and O–H groups in total. The molecule has 27 heavy (non-hydrogen) atoms. The Balaban J connectivity index is 1.50. The molecule has 0 radical (unpaired) electrons. The molecule has 0 bridgehead atoms. The number of aromatic nitrogens is 2. The number of methoxy groups -OCH3 is 1. The number of ether oxygens (including phenoxy) is 1. The Bertz CT molecular complexity index is 660. The SMILES string of the molecule is COc1nn(C)cc1C(=O)N(C)CC(=O)N1CCN(C2CCCCC2)CC1. The summed E-state index contributed by atoms with van der Waals surface area (Å²) in [6.07, 6.45) is 8.21. The number of piperazine rings is 1. The first-order valence-corrected chi connectivity index (χ1v) is 9.84. The van der Waals surface area contributed by atoms with Crippen molar-refractivity contribution >= 4 is 11.8 Å². The molecule has 1 aromatic heterocycles. The quantitative estimate of drug-likeness (QED) is 0.765. The smallest absolute Gasteiger partial charge is 0.261 e. The summed E-state index contributed by atoms with van der Waals surface area (Å²) in [6, 6.07) is 0.693. The predicted octanol–water partition coefficient (Wildman–Crippen LogP) is 0.978. The van der Waals surface area contributed by atoms with Crippen LogP contribution in [0, 0.1) is 0 Å². The van der Waals surface area contributed by atoms with Gasteiger partial charge in [0.1, 0.15) is 5.56 Å². The van der Waals surface area contributed by atoms with Gasteiger partial charge in [0, 0.05) is 52.5 Å². The minimum Gasteiger partial charge on any atom is -0.479 e. The largest absolute Gasteiger partial charge is 0.479 e. The number of carbonyl (C=O) groups excluding carboxylic acids is 2. The number of hydrogen-bond acceptors (Lipinski definition) is 5. The number of carbonyl (C=O) groups is 2. The van der Waals surface area contributed by atoms with E-state index in [-0.39, 0.29) is 24.2 Å². The second kappa shape index (κ2) is 8.73. The third-order valence-electron chi connectivity index (χ3n) is 5.70. The standard InChI is InChI=1S/C19H31N5O3/c1-21(19(26)16-13-22(2)20-18(16)27-3)14-17(25)24-11-9-23(10-12-24)15-7-5-4-6-8-15/h13,15H,4-12,14H2,1-3H3. The zero-order chi connectivity index (χ0) is 19.4. The van der Waals surface area contributed by atoms with Crippen molar-refractivity contribution in [2.45, 2.75) is 38.1 Å². The molecule has 1 aliphatic carbocycles. The molecule has 0 atom stereocenters. The van der Waals surface area contributed by atoms with Crippen molar-refractivity contribution < 1.29 is 14.3 Å². The van der Waals surface area contributed by atoms with Gasteiger partial charge in [-0.15, -0.1) is 5.10 Å². The maximum Gasteiger partial charge on any atom is 0.261 e. The summed E-state index contributed by atoms with van der Waals surface area (Å²) in [6.45, 7) is 3.43. The van der Waals surface area contributed by atoms with Gasteiger partial charge in [-0.2, -0.15) is 0 Å². The van der Waals surface area contributed by atoms with Crippen LogP contribution in [0.5, 0.6) is 5.88 Å². The number of nitrogens with zero attached hydrogens (tertiary/aromatic N) is 5. The van der Waals surface area contributed by atoms with E-state index >= 15 is 0 Å². The number of aryl methyl sites for hydroxylation is 1. The van der Waals surface area contributed by atoms with Crippen molar-refractivity contribution in [2.24, 2.45) is 7.05 Å². The fraction of sp³-hybridized carbons (Fsp3) is 0.737. The number of rotatable bonds is 5. The van der Waals surface area contributed by atoms with Crippen LogP contribution < -0.4 is 4.74 Å². The molecule has 3 rings (SSSR count). The summed E-state index contributed by atoms with van der Waals surface area (Å²) in [5.41, 5.74) is 0.373. The molecular weight excluding hydrogens is 346 g/mol. The average molecular weight is 377 g/mol. The highest BCUT2D eigenvalue weighted by Gasteiger charge is 2.28. The Labute approximate surface area is 161 Å². The van der Waals surface area contributed by atoms with Crippen LogP contribution in [-0.4, -0.2) is 89.2 Å². The van der Waals surface area contributed by atoms with Crippen LogP contribution >= 0.6 is 0 Å². The van der Waals surface area contributed by atoms with E-state index < -0.39 is 0 Å². The highest BCUT2D eigenvalue weighted by Crippen LogP contribution is 2.23. The summed E-state index contributed by atoms with van der Waals surface area (Å²) in [7, 11) is 4.86. The lowest BCUT2D eigenvalue weighted by Gasteiger charge is -2.41. The van der Waals surface area contributed by atoms with Gasteiger partial charge in [-0.3, -0.25) is 19.2 Å². The van der Waals surface area contributed by atoms with Crippen molar-refractivity contribution in [2.75, 3.05) is 46.9 Å². The van der Waals surface area contributed by atoms with Crippen LogP contribution in [0.4, 0.5) is 0 Å². The lowest BCUT2D eigenvalue weighted by Crippen LogP contribution is -2.54. The van der Waals surface area contributed by atoms with Crippen LogP contribution in [0.1, 0.15) is 42.5 Å². The third kappa shape index (κ3) is 4.61. The zero-order valence-electron chi connectivity index (χ0n) is 16.7. The van der Waals surface area contributed by atoms with E-state index in [1.54, 1.807) is 20.3 Å². The minimum absolute atomic E-state index is 0.00278. The molecule has 150 valence electrons. The third-order valence-corrected chi connectivity index (χ3v) is 5.70. The topological polar surface area (TPSA) is 70.9 Å². The van der Waals surface area contributed by atoms with Gasteiger partial charge in [-0.25, -0.2) is 0 Å². The van der Waals surface area contributed by atoms with E-state index in [4.69, 9.17) is 4.74 Å². The fourth-order valence-electron chi connectivity index (χ4n) is 4.13. The summed E-state index contributed by atoms with van der Waals surface area (Å²) in [5.74, 6) is 0.0223. The average Bonchev–Trinajstić information content (AvgIpc) is 3.08. The molecule has 2 fully saturated rings. The molecule has 8 heteroatoms. The van der Waals surface area contributed by atoms with E-state index in [1.807, 2.05) is 4.90 Å². The Morgan fingerprint density at radius 3 is 2.48 bits per heavy atom. The molecule has 2 heterocycles. The van der Waals surface area contributed by atoms with Crippen LogP contribution in [0.25, 0.3) is 0 Å². The summed E-state index contributed by atoms with van der Waals surface area (Å²) in [5, 5.41) is 4.10. The van der Waals surface area contributed by atoms with Crippen molar-refractivity contribution in [1.29, 1.82) is 0 Å². The van der Waals surface area contributed by atoms with Gasteiger partial charge < -0.3 is 14.5 Å². The first kappa shape index (κ1) is 19.7. The molecule has 2 aliphatic rings. The molecule has 2 amide bonds. The Kier molecular flexibility index (Phi) is 6.36. The molecule has 0 aromatic carbocycles. The summed E-state index contributed by atoms with van der Waals surface area (Å²) >= 11 is 0. The van der Waals surface area contributed by atoms with Crippen molar-refractivity contribution in [3.63, 3.8) is 0 Å². The van der Waals surface area contributed by atoms with E-state index in [9.17, 15) is 9.59 Å². The molecule has 1 saturated carbocycles. The monoisotopic (exact) mass is 377 g/mol. The normalized spacial score (nSPS) is 19.1. The molecule has 0 spiro atoms. The maximum absolute atomic E-state index is 12.6. The van der Waals surface area contributed by atoms with Gasteiger partial charge in [0.15, 0.2) is 0 Å². The molecular formula is C19H31N5O3. The lowest BCUT2D eigenvalue weighted by molar-refractivity contribution is -0.133. The van der Waals surface area contributed by atoms with E-state index in [0.717, 1.165) is 26.2 Å². The molecule has 1 saturated heterocycles. The number of amides is 2. The second-order valence-corrected chi connectivity index (χ2v) is 7.60. The first-order chi connectivity index (χ1) is 13.0. The maximum atomic E-state index is 12.6. The van der Waals surface area contributed by atoms with Crippen LogP contribution in [0.15, 0.2) is 6.20 Å². The van der Waals surface area contributed by atoms with Crippen LogP contribution in [0.3, 0.4) is 0 Å². The van der Waals surface area contributed by atoms with E-state index in [0.29, 0.717) is 11.6 Å². The molecule has 8 nitrogen and oxygen atoms in total. The number of hydrogen-bond donors (Lipinski definition) is 0. The van der Waals surface area contributed by atoms with Gasteiger partial charge in [0.2, 0.25) is 11.8 Å². The fourth-order valence-corrected chi connectivity index (χ4v) is 4.13. The van der Waals surface area contributed by atoms with Crippen molar-refractivity contribution in [3.8, 4) is 5.88 Å². The molecule has 1 aromatic rings. The minimum atomic E-state index is -0.255. The Morgan fingerprint density at radius 1 is 1.19 bits per heavy atom. The Morgan fingerprint density at radius 2 is 1.85 bits per heavy atom. The number of likely N-dealkylation sites (N-methyl/N-ethyl adjacent to an activating group) is 1. The van der Waals surface area contributed by atoms with Crippen LogP contribution in [0.2, 0.25) is 0 Å². The van der Waals surface area contributed by atoms with Gasteiger partial charge in [0.25, 0.3) is 5.91 Å². The van der Waals surface area contributed by atoms with Gasteiger partial charge >= 0.3 is 0 Å². The molecule has 0 unspecified atom stereocenters.